The van der Waals surface area contributed by atoms with Crippen LogP contribution in [0.3, 0.4) is 0 Å². The van der Waals surface area contributed by atoms with Crippen molar-refractivity contribution in [3.8, 4) is 11.1 Å². The molecule has 0 unspecified atom stereocenters. The van der Waals surface area contributed by atoms with Crippen molar-refractivity contribution in [2.24, 2.45) is 0 Å². The summed E-state index contributed by atoms with van der Waals surface area (Å²) in [5.74, 6) is -1.10. The van der Waals surface area contributed by atoms with Crippen molar-refractivity contribution < 1.29 is 24.1 Å². The van der Waals surface area contributed by atoms with Gasteiger partial charge in [-0.3, -0.25) is 14.4 Å². The zero-order valence-corrected chi connectivity index (χ0v) is 15.9. The maximum Gasteiger partial charge on any atom is 0.275 e. The van der Waals surface area contributed by atoms with Gasteiger partial charge in [0.2, 0.25) is 5.91 Å². The highest BCUT2D eigenvalue weighted by molar-refractivity contribution is 6.10. The Morgan fingerprint density at radius 2 is 2.03 bits per heavy atom. The molecule has 1 fully saturated rings. The van der Waals surface area contributed by atoms with E-state index in [1.165, 1.54) is 11.0 Å². The quantitative estimate of drug-likeness (QED) is 0.694. The van der Waals surface area contributed by atoms with Crippen LogP contribution >= 0.6 is 0 Å². The molecule has 3 amide bonds. The Balaban J connectivity index is 1.64. The highest BCUT2D eigenvalue weighted by atomic mass is 19.1. The summed E-state index contributed by atoms with van der Waals surface area (Å²) in [6, 6.07) is 10.3. The average molecular weight is 397 g/mol. The van der Waals surface area contributed by atoms with Crippen LogP contribution in [0.5, 0.6) is 0 Å². The molecule has 0 spiro atoms. The molecule has 29 heavy (non-hydrogen) atoms. The summed E-state index contributed by atoms with van der Waals surface area (Å²) in [6.07, 6.45) is 0.362. The highest BCUT2D eigenvalue weighted by Gasteiger charge is 2.43. The standard InChI is InChI=1S/C21H21FN4O3/c1-23-10-19(27)24-13-9-18-20(28)25-17-7-6-12(14-4-2-3-5-16(14)22)8-15(17)21(29)26(18)11-13/h2-8,13,18,23H,9-11H2,1H3,(H,24,27)(H,25,28)/p+1/t13-,18-/m0/s1. The second-order valence-corrected chi connectivity index (χ2v) is 7.32. The van der Waals surface area contributed by atoms with Crippen molar-refractivity contribution in [3.05, 3.63) is 53.8 Å². The SMILES string of the molecule is C[NH2+]CC(=O)N[C@H]1C[C@H]2C(=O)Nc3ccc(-c4ccccc4F)cc3C(=O)N2C1. The van der Waals surface area contributed by atoms with E-state index in [2.05, 4.69) is 10.6 Å². The number of carbonyl (C=O) groups is 3. The van der Waals surface area contributed by atoms with E-state index >= 15 is 0 Å². The van der Waals surface area contributed by atoms with Gasteiger partial charge in [0.1, 0.15) is 11.9 Å². The third-order valence-corrected chi connectivity index (χ3v) is 5.31. The number of nitrogens with one attached hydrogen (secondary N) is 2. The maximum atomic E-state index is 14.2. The summed E-state index contributed by atoms with van der Waals surface area (Å²) in [5, 5.41) is 7.43. The van der Waals surface area contributed by atoms with Crippen LogP contribution in [0.4, 0.5) is 10.1 Å². The predicted molar refractivity (Wildman–Crippen MR) is 105 cm³/mol. The van der Waals surface area contributed by atoms with Crippen molar-refractivity contribution in [2.75, 3.05) is 25.5 Å². The van der Waals surface area contributed by atoms with E-state index in [4.69, 9.17) is 0 Å². The zero-order chi connectivity index (χ0) is 20.5. The highest BCUT2D eigenvalue weighted by Crippen LogP contribution is 2.32. The molecular weight excluding hydrogens is 375 g/mol. The molecule has 0 bridgehead atoms. The number of carbonyl (C=O) groups excluding carboxylic acids is 3. The Morgan fingerprint density at radius 1 is 1.24 bits per heavy atom. The number of nitrogens with zero attached hydrogens (tertiary/aromatic N) is 1. The van der Waals surface area contributed by atoms with Gasteiger partial charge in [0.05, 0.1) is 18.3 Å². The van der Waals surface area contributed by atoms with Gasteiger partial charge >= 0.3 is 0 Å². The number of amides is 3. The van der Waals surface area contributed by atoms with Gasteiger partial charge in [-0.15, -0.1) is 0 Å². The van der Waals surface area contributed by atoms with Gasteiger partial charge in [-0.25, -0.2) is 4.39 Å². The van der Waals surface area contributed by atoms with E-state index in [0.29, 0.717) is 28.8 Å². The van der Waals surface area contributed by atoms with Gasteiger partial charge in [-0.2, -0.15) is 0 Å². The molecule has 2 aliphatic heterocycles. The number of rotatable bonds is 4. The number of hydrogen-bond donors (Lipinski definition) is 3. The first-order chi connectivity index (χ1) is 14.0. The summed E-state index contributed by atoms with van der Waals surface area (Å²) < 4.78 is 14.2. The topological polar surface area (TPSA) is 95.1 Å². The van der Waals surface area contributed by atoms with Crippen LogP contribution < -0.4 is 16.0 Å². The minimum absolute atomic E-state index is 0.134. The Kier molecular flexibility index (Phi) is 5.02. The normalized spacial score (nSPS) is 20.6. The van der Waals surface area contributed by atoms with Gasteiger partial charge in [-0.05, 0) is 30.2 Å². The molecule has 8 heteroatoms. The number of benzene rings is 2. The van der Waals surface area contributed by atoms with Crippen molar-refractivity contribution in [3.63, 3.8) is 0 Å². The van der Waals surface area contributed by atoms with Crippen molar-refractivity contribution >= 4 is 23.4 Å². The van der Waals surface area contributed by atoms with Crippen LogP contribution in [0.15, 0.2) is 42.5 Å². The molecule has 0 radical (unpaired) electrons. The lowest BCUT2D eigenvalue weighted by molar-refractivity contribution is -0.615. The number of anilines is 1. The Bertz CT molecular complexity index is 994. The second-order valence-electron chi connectivity index (χ2n) is 7.32. The molecule has 4 N–H and O–H groups in total. The van der Waals surface area contributed by atoms with E-state index < -0.39 is 6.04 Å². The summed E-state index contributed by atoms with van der Waals surface area (Å²) >= 11 is 0. The first kappa shape index (κ1) is 19.1. The van der Waals surface area contributed by atoms with E-state index in [1.807, 2.05) is 0 Å². The fourth-order valence-corrected chi connectivity index (χ4v) is 3.95. The first-order valence-corrected chi connectivity index (χ1v) is 9.56. The summed E-state index contributed by atoms with van der Waals surface area (Å²) in [4.78, 5) is 39.3. The van der Waals surface area contributed by atoms with Crippen molar-refractivity contribution in [2.45, 2.75) is 18.5 Å². The molecule has 2 atom stereocenters. The van der Waals surface area contributed by atoms with Gasteiger partial charge in [-0.1, -0.05) is 24.3 Å². The van der Waals surface area contributed by atoms with Crippen LogP contribution in [-0.4, -0.2) is 54.8 Å². The number of nitrogens with two attached hydrogens (primary N) is 1. The Labute approximate surface area is 167 Å². The Morgan fingerprint density at radius 3 is 2.79 bits per heavy atom. The molecule has 2 heterocycles. The molecule has 1 saturated heterocycles. The van der Waals surface area contributed by atoms with Crippen LogP contribution in [0, 0.1) is 5.82 Å². The zero-order valence-electron chi connectivity index (χ0n) is 15.9. The molecular formula is C21H22FN4O3+. The summed E-state index contributed by atoms with van der Waals surface area (Å²) in [6.45, 7) is 0.548. The molecule has 2 aromatic rings. The molecule has 4 rings (SSSR count). The average Bonchev–Trinajstić information content (AvgIpc) is 3.08. The van der Waals surface area contributed by atoms with Crippen LogP contribution in [0.1, 0.15) is 16.8 Å². The van der Waals surface area contributed by atoms with E-state index in [0.717, 1.165) is 0 Å². The summed E-state index contributed by atoms with van der Waals surface area (Å²) in [7, 11) is 1.79. The lowest BCUT2D eigenvalue weighted by atomic mass is 10.0. The van der Waals surface area contributed by atoms with Crippen molar-refractivity contribution in [1.29, 1.82) is 0 Å². The molecule has 150 valence electrons. The number of halogens is 1. The van der Waals surface area contributed by atoms with E-state index in [1.54, 1.807) is 48.8 Å². The van der Waals surface area contributed by atoms with Crippen LogP contribution in [0.25, 0.3) is 11.1 Å². The van der Waals surface area contributed by atoms with E-state index in [-0.39, 0.29) is 42.7 Å². The third-order valence-electron chi connectivity index (χ3n) is 5.31. The lowest BCUT2D eigenvalue weighted by Crippen LogP contribution is -2.82. The lowest BCUT2D eigenvalue weighted by Gasteiger charge is -2.20. The smallest absolute Gasteiger partial charge is 0.275 e. The number of quaternary nitrogens is 1. The number of fused-ring (bicyclic) bond motifs is 2. The fraction of sp³-hybridized carbons (Fsp3) is 0.286. The molecule has 0 saturated carbocycles. The molecule has 7 nitrogen and oxygen atoms in total. The second kappa shape index (κ2) is 7.63. The minimum atomic E-state index is -0.650. The number of hydrogen-bond acceptors (Lipinski definition) is 3. The van der Waals surface area contributed by atoms with Gasteiger partial charge in [0, 0.05) is 18.2 Å². The molecule has 2 aliphatic rings. The monoisotopic (exact) mass is 397 g/mol. The van der Waals surface area contributed by atoms with E-state index in [9.17, 15) is 18.8 Å². The fourth-order valence-electron chi connectivity index (χ4n) is 3.95. The first-order valence-electron chi connectivity index (χ1n) is 9.56. The van der Waals surface area contributed by atoms with Crippen molar-refractivity contribution in [1.82, 2.24) is 10.2 Å². The Hall–Kier alpha value is -3.26. The molecule has 0 aliphatic carbocycles. The summed E-state index contributed by atoms with van der Waals surface area (Å²) in [5.41, 5.74) is 1.68. The predicted octanol–water partition coefficient (Wildman–Crippen LogP) is 0.337. The van der Waals surface area contributed by atoms with Gasteiger partial charge < -0.3 is 20.9 Å². The van der Waals surface area contributed by atoms with Gasteiger partial charge in [0.25, 0.3) is 11.8 Å². The third kappa shape index (κ3) is 3.58. The molecule has 2 aromatic carbocycles. The number of likely N-dealkylation sites (N-methyl/N-ethyl adjacent to an activating group) is 1. The van der Waals surface area contributed by atoms with Crippen LogP contribution in [0.2, 0.25) is 0 Å². The van der Waals surface area contributed by atoms with Crippen LogP contribution in [-0.2, 0) is 9.59 Å². The van der Waals surface area contributed by atoms with Gasteiger partial charge in [0.15, 0.2) is 6.54 Å². The minimum Gasteiger partial charge on any atom is -0.347 e. The molecule has 0 aromatic heterocycles. The largest absolute Gasteiger partial charge is 0.347 e. The maximum absolute atomic E-state index is 14.2.